The van der Waals surface area contributed by atoms with E-state index < -0.39 is 16.1 Å². The van der Waals surface area contributed by atoms with Crippen molar-refractivity contribution in [1.29, 1.82) is 0 Å². The van der Waals surface area contributed by atoms with Gasteiger partial charge in [0.25, 0.3) is 15.9 Å². The first-order chi connectivity index (χ1) is 15.9. The van der Waals surface area contributed by atoms with Gasteiger partial charge < -0.3 is 10.1 Å². The molecule has 33 heavy (non-hydrogen) atoms. The molecule has 1 atom stereocenters. The van der Waals surface area contributed by atoms with Crippen LogP contribution in [0.4, 0.5) is 11.4 Å². The Balaban J connectivity index is 1.42. The highest BCUT2D eigenvalue weighted by atomic mass is 32.2. The van der Waals surface area contributed by atoms with Gasteiger partial charge in [0.2, 0.25) is 0 Å². The molecule has 0 aliphatic carbocycles. The number of benzene rings is 3. The van der Waals surface area contributed by atoms with E-state index in [4.69, 9.17) is 4.74 Å². The van der Waals surface area contributed by atoms with Gasteiger partial charge in [0.05, 0.1) is 16.8 Å². The summed E-state index contributed by atoms with van der Waals surface area (Å²) < 4.78 is 33.5. The molecule has 1 aromatic heterocycles. The number of carbonyl (C=O) groups excluding carboxylic acids is 1. The number of nitrogens with zero attached hydrogens (tertiary/aromatic N) is 1. The number of fused-ring (bicyclic) bond motifs is 1. The largest absolute Gasteiger partial charge is 0.481 e. The summed E-state index contributed by atoms with van der Waals surface area (Å²) in [6, 6.07) is 22.8. The van der Waals surface area contributed by atoms with Crippen molar-refractivity contribution in [2.75, 3.05) is 10.0 Å². The van der Waals surface area contributed by atoms with Gasteiger partial charge in [-0.2, -0.15) is 0 Å². The van der Waals surface area contributed by atoms with Gasteiger partial charge in [-0.25, -0.2) is 8.42 Å². The normalized spacial score (nSPS) is 12.2. The minimum absolute atomic E-state index is 0.0730. The summed E-state index contributed by atoms with van der Waals surface area (Å²) in [5.41, 5.74) is 0.840. The number of rotatable bonds is 8. The number of hydrogen-bond acceptors (Lipinski definition) is 5. The van der Waals surface area contributed by atoms with Crippen molar-refractivity contribution in [1.82, 2.24) is 4.98 Å². The fraction of sp³-hybridized carbons (Fsp3) is 0.120. The maximum absolute atomic E-state index is 12.8. The molecule has 1 unspecified atom stereocenters. The Bertz CT molecular complexity index is 1360. The van der Waals surface area contributed by atoms with Crippen molar-refractivity contribution in [3.8, 4) is 5.75 Å². The minimum Gasteiger partial charge on any atom is -0.481 e. The first-order valence-electron chi connectivity index (χ1n) is 10.4. The van der Waals surface area contributed by atoms with E-state index >= 15 is 0 Å². The summed E-state index contributed by atoms with van der Waals surface area (Å²) in [6.07, 6.45) is 2.76. The van der Waals surface area contributed by atoms with Gasteiger partial charge in [0.15, 0.2) is 6.10 Å². The van der Waals surface area contributed by atoms with E-state index in [-0.39, 0.29) is 10.8 Å². The molecule has 7 nitrogen and oxygen atoms in total. The number of pyridine rings is 1. The third-order valence-corrected chi connectivity index (χ3v) is 6.41. The lowest BCUT2D eigenvalue weighted by Gasteiger charge is -2.18. The first-order valence-corrected chi connectivity index (χ1v) is 11.9. The van der Waals surface area contributed by atoms with Gasteiger partial charge in [-0.15, -0.1) is 0 Å². The Hall–Kier alpha value is -3.91. The molecule has 4 aromatic rings. The Morgan fingerprint density at radius 3 is 2.39 bits per heavy atom. The van der Waals surface area contributed by atoms with Crippen LogP contribution in [-0.2, 0) is 14.8 Å². The standard InChI is InChI=1S/C25H23N3O4S/c1-2-24(32-22-12-9-18-6-3-4-7-19(18)16-22)25(29)27-20-10-13-23(14-11-20)33(30,31)28-21-8-5-15-26-17-21/h3-17,24,28H,2H2,1H3,(H,27,29). The quantitative estimate of drug-likeness (QED) is 0.392. The molecule has 168 valence electrons. The molecule has 3 aromatic carbocycles. The molecular weight excluding hydrogens is 438 g/mol. The van der Waals surface area contributed by atoms with Crippen LogP contribution in [0.3, 0.4) is 0 Å². The number of anilines is 2. The second-order valence-electron chi connectivity index (χ2n) is 7.38. The van der Waals surface area contributed by atoms with E-state index in [9.17, 15) is 13.2 Å². The second kappa shape index (κ2) is 9.70. The number of nitrogens with one attached hydrogen (secondary N) is 2. The minimum atomic E-state index is -3.77. The van der Waals surface area contributed by atoms with Crippen molar-refractivity contribution in [2.24, 2.45) is 0 Å². The maximum Gasteiger partial charge on any atom is 0.265 e. The van der Waals surface area contributed by atoms with E-state index in [2.05, 4.69) is 15.0 Å². The molecule has 1 heterocycles. The summed E-state index contributed by atoms with van der Waals surface area (Å²) in [6.45, 7) is 1.87. The lowest BCUT2D eigenvalue weighted by Crippen LogP contribution is -2.32. The Kier molecular flexibility index (Phi) is 6.55. The molecule has 0 radical (unpaired) electrons. The van der Waals surface area contributed by atoms with Crippen molar-refractivity contribution in [3.63, 3.8) is 0 Å². The summed E-state index contributed by atoms with van der Waals surface area (Å²) in [7, 11) is -3.77. The highest BCUT2D eigenvalue weighted by molar-refractivity contribution is 7.92. The van der Waals surface area contributed by atoms with E-state index in [1.165, 1.54) is 18.3 Å². The van der Waals surface area contributed by atoms with Crippen molar-refractivity contribution >= 4 is 38.1 Å². The molecule has 0 bridgehead atoms. The molecule has 0 fully saturated rings. The predicted molar refractivity (Wildman–Crippen MR) is 129 cm³/mol. The summed E-state index contributed by atoms with van der Waals surface area (Å²) in [5, 5.41) is 4.91. The Morgan fingerprint density at radius 1 is 0.939 bits per heavy atom. The smallest absolute Gasteiger partial charge is 0.265 e. The third kappa shape index (κ3) is 5.48. The van der Waals surface area contributed by atoms with Crippen LogP contribution in [0.2, 0.25) is 0 Å². The van der Waals surface area contributed by atoms with Gasteiger partial charge in [-0.05, 0) is 65.7 Å². The summed E-state index contributed by atoms with van der Waals surface area (Å²) in [4.78, 5) is 16.7. The zero-order valence-corrected chi connectivity index (χ0v) is 18.7. The fourth-order valence-electron chi connectivity index (χ4n) is 3.30. The topological polar surface area (TPSA) is 97.4 Å². The number of carbonyl (C=O) groups is 1. The average molecular weight is 462 g/mol. The van der Waals surface area contributed by atoms with Crippen molar-refractivity contribution in [3.05, 3.63) is 91.3 Å². The highest BCUT2D eigenvalue weighted by Crippen LogP contribution is 2.23. The van der Waals surface area contributed by atoms with Crippen LogP contribution < -0.4 is 14.8 Å². The lowest BCUT2D eigenvalue weighted by molar-refractivity contribution is -0.122. The fourth-order valence-corrected chi connectivity index (χ4v) is 4.35. The number of aromatic nitrogens is 1. The van der Waals surface area contributed by atoms with Crippen molar-refractivity contribution in [2.45, 2.75) is 24.3 Å². The van der Waals surface area contributed by atoms with Gasteiger partial charge in [0, 0.05) is 11.9 Å². The van der Waals surface area contributed by atoms with Gasteiger partial charge >= 0.3 is 0 Å². The molecule has 1 amide bonds. The predicted octanol–water partition coefficient (Wildman–Crippen LogP) is 4.83. The third-order valence-electron chi connectivity index (χ3n) is 5.01. The van der Waals surface area contributed by atoms with Crippen LogP contribution >= 0.6 is 0 Å². The molecule has 4 rings (SSSR count). The van der Waals surface area contributed by atoms with Gasteiger partial charge in [-0.3, -0.25) is 14.5 Å². The average Bonchev–Trinajstić information content (AvgIpc) is 2.83. The second-order valence-corrected chi connectivity index (χ2v) is 9.07. The summed E-state index contributed by atoms with van der Waals surface area (Å²) in [5.74, 6) is 0.299. The van der Waals surface area contributed by atoms with Crippen LogP contribution in [-0.4, -0.2) is 25.4 Å². The van der Waals surface area contributed by atoms with Crippen LogP contribution in [0.1, 0.15) is 13.3 Å². The van der Waals surface area contributed by atoms with E-state index in [0.717, 1.165) is 10.8 Å². The number of ether oxygens (including phenoxy) is 1. The van der Waals surface area contributed by atoms with Crippen LogP contribution in [0.5, 0.6) is 5.75 Å². The molecule has 0 spiro atoms. The van der Waals surface area contributed by atoms with Gasteiger partial charge in [0.1, 0.15) is 5.75 Å². The van der Waals surface area contributed by atoms with E-state index in [1.54, 1.807) is 30.5 Å². The van der Waals surface area contributed by atoms with Crippen LogP contribution in [0.15, 0.2) is 96.2 Å². The zero-order chi connectivity index (χ0) is 23.3. The molecule has 2 N–H and O–H groups in total. The number of hydrogen-bond donors (Lipinski definition) is 2. The van der Waals surface area contributed by atoms with Crippen molar-refractivity contribution < 1.29 is 17.9 Å². The zero-order valence-electron chi connectivity index (χ0n) is 17.9. The molecule has 0 saturated heterocycles. The number of sulfonamides is 1. The van der Waals surface area contributed by atoms with E-state index in [1.807, 2.05) is 49.4 Å². The Morgan fingerprint density at radius 2 is 1.70 bits per heavy atom. The van der Waals surface area contributed by atoms with Gasteiger partial charge in [-0.1, -0.05) is 37.3 Å². The SMILES string of the molecule is CCC(Oc1ccc2ccccc2c1)C(=O)Nc1ccc(S(=O)(=O)Nc2cccnc2)cc1. The molecule has 0 aliphatic heterocycles. The first kappa shape index (κ1) is 22.3. The lowest BCUT2D eigenvalue weighted by atomic mass is 10.1. The monoisotopic (exact) mass is 461 g/mol. The molecular formula is C25H23N3O4S. The van der Waals surface area contributed by atoms with Crippen LogP contribution in [0, 0.1) is 0 Å². The number of amides is 1. The molecule has 8 heteroatoms. The summed E-state index contributed by atoms with van der Waals surface area (Å²) >= 11 is 0. The molecule has 0 aliphatic rings. The van der Waals surface area contributed by atoms with E-state index in [0.29, 0.717) is 23.5 Å². The molecule has 0 saturated carbocycles. The Labute approximate surface area is 192 Å². The highest BCUT2D eigenvalue weighted by Gasteiger charge is 2.20. The maximum atomic E-state index is 12.8. The van der Waals surface area contributed by atoms with Crippen LogP contribution in [0.25, 0.3) is 10.8 Å².